The number of hydrogen-bond acceptors (Lipinski definition) is 4. The van der Waals surface area contributed by atoms with Gasteiger partial charge in [-0.05, 0) is 19.1 Å². The van der Waals surface area contributed by atoms with E-state index in [9.17, 15) is 4.79 Å². The maximum absolute atomic E-state index is 11.7. The zero-order chi connectivity index (χ0) is 15.2. The summed E-state index contributed by atoms with van der Waals surface area (Å²) in [6.45, 7) is 7.86. The van der Waals surface area contributed by atoms with Gasteiger partial charge in [-0.2, -0.15) is 5.10 Å². The Morgan fingerprint density at radius 3 is 2.40 bits per heavy atom. The molecule has 0 aliphatic rings. The van der Waals surface area contributed by atoms with Gasteiger partial charge in [0.25, 0.3) is 5.91 Å². The Morgan fingerprint density at radius 1 is 1.25 bits per heavy atom. The van der Waals surface area contributed by atoms with E-state index >= 15 is 0 Å². The van der Waals surface area contributed by atoms with Crippen molar-refractivity contribution in [1.29, 1.82) is 0 Å². The molecule has 1 N–H and O–H groups in total. The van der Waals surface area contributed by atoms with E-state index in [0.29, 0.717) is 11.5 Å². The fourth-order valence-corrected chi connectivity index (χ4v) is 1.23. The van der Waals surface area contributed by atoms with Crippen LogP contribution < -0.4 is 14.9 Å². The van der Waals surface area contributed by atoms with Crippen LogP contribution in [-0.2, 0) is 4.79 Å². The summed E-state index contributed by atoms with van der Waals surface area (Å²) < 4.78 is 10.5. The van der Waals surface area contributed by atoms with Crippen LogP contribution in [0.1, 0.15) is 27.7 Å². The van der Waals surface area contributed by atoms with E-state index in [4.69, 9.17) is 9.47 Å². The van der Waals surface area contributed by atoms with Crippen molar-refractivity contribution in [1.82, 2.24) is 5.43 Å². The predicted molar refractivity (Wildman–Crippen MR) is 79.2 cm³/mol. The lowest BCUT2D eigenvalue weighted by atomic mass is 9.91. The average molecular weight is 278 g/mol. The minimum Gasteiger partial charge on any atom is -0.493 e. The highest BCUT2D eigenvalue weighted by Crippen LogP contribution is 2.25. The number of amides is 1. The summed E-state index contributed by atoms with van der Waals surface area (Å²) in [4.78, 5) is 11.7. The first-order chi connectivity index (χ1) is 9.34. The van der Waals surface area contributed by atoms with Crippen LogP contribution in [0.5, 0.6) is 11.5 Å². The number of ether oxygens (including phenoxy) is 2. The van der Waals surface area contributed by atoms with Crippen molar-refractivity contribution in [2.24, 2.45) is 10.5 Å². The first-order valence-corrected chi connectivity index (χ1v) is 6.44. The number of rotatable bonds is 5. The lowest BCUT2D eigenvalue weighted by Gasteiger charge is -2.17. The summed E-state index contributed by atoms with van der Waals surface area (Å²) in [7, 11) is 1.55. The van der Waals surface area contributed by atoms with Gasteiger partial charge in [-0.15, -0.1) is 0 Å². The number of carbonyl (C=O) groups is 1. The van der Waals surface area contributed by atoms with Crippen molar-refractivity contribution in [3.8, 4) is 11.5 Å². The van der Waals surface area contributed by atoms with Crippen molar-refractivity contribution in [2.45, 2.75) is 27.7 Å². The molecule has 0 fully saturated rings. The van der Waals surface area contributed by atoms with E-state index in [-0.39, 0.29) is 17.9 Å². The molecule has 5 heteroatoms. The number of benzene rings is 1. The average Bonchev–Trinajstić information content (AvgIpc) is 2.41. The molecular formula is C15H22N2O3. The molecule has 20 heavy (non-hydrogen) atoms. The topological polar surface area (TPSA) is 59.9 Å². The number of nitrogens with zero attached hydrogens (tertiary/aromatic N) is 1. The zero-order valence-electron chi connectivity index (χ0n) is 12.7. The van der Waals surface area contributed by atoms with Crippen molar-refractivity contribution in [3.05, 3.63) is 24.3 Å². The number of para-hydroxylation sites is 2. The van der Waals surface area contributed by atoms with Crippen LogP contribution >= 0.6 is 0 Å². The molecule has 0 saturated heterocycles. The summed E-state index contributed by atoms with van der Waals surface area (Å²) in [6, 6.07) is 7.17. The van der Waals surface area contributed by atoms with Gasteiger partial charge in [0.05, 0.1) is 7.11 Å². The Balaban J connectivity index is 2.52. The molecule has 1 aromatic rings. The molecule has 0 heterocycles. The molecule has 1 aromatic carbocycles. The third kappa shape index (κ3) is 4.91. The summed E-state index contributed by atoms with van der Waals surface area (Å²) in [5.74, 6) is 0.816. The molecule has 0 aliphatic carbocycles. The summed E-state index contributed by atoms with van der Waals surface area (Å²) in [5, 5.41) is 4.06. The van der Waals surface area contributed by atoms with Gasteiger partial charge in [0, 0.05) is 11.1 Å². The standard InChI is InChI=1S/C15H22N2O3/c1-11(15(2,3)4)16-17-14(18)10-20-13-9-7-6-8-12(13)19-5/h6-9H,10H2,1-5H3,(H,17,18)/b16-11-. The molecule has 1 amide bonds. The van der Waals surface area contributed by atoms with E-state index in [1.165, 1.54) is 0 Å². The number of hydrazone groups is 1. The van der Waals surface area contributed by atoms with Crippen molar-refractivity contribution in [2.75, 3.05) is 13.7 Å². The maximum Gasteiger partial charge on any atom is 0.277 e. The highest BCUT2D eigenvalue weighted by Gasteiger charge is 2.14. The van der Waals surface area contributed by atoms with Crippen LogP contribution in [0.2, 0.25) is 0 Å². The van der Waals surface area contributed by atoms with Crippen molar-refractivity contribution < 1.29 is 14.3 Å². The summed E-state index contributed by atoms with van der Waals surface area (Å²) >= 11 is 0. The molecule has 0 spiro atoms. The van der Waals surface area contributed by atoms with E-state index in [1.807, 2.05) is 39.8 Å². The second-order valence-corrected chi connectivity index (χ2v) is 5.42. The van der Waals surface area contributed by atoms with E-state index in [1.54, 1.807) is 19.2 Å². The largest absolute Gasteiger partial charge is 0.493 e. The minimum absolute atomic E-state index is 0.0726. The SMILES string of the molecule is COc1ccccc1OCC(=O)N/N=C(/C)C(C)(C)C. The van der Waals surface area contributed by atoms with Gasteiger partial charge in [-0.25, -0.2) is 5.43 Å². The third-order valence-corrected chi connectivity index (χ3v) is 2.86. The lowest BCUT2D eigenvalue weighted by Crippen LogP contribution is -2.28. The second kappa shape index (κ2) is 6.93. The first-order valence-electron chi connectivity index (χ1n) is 6.44. The third-order valence-electron chi connectivity index (χ3n) is 2.86. The molecule has 0 atom stereocenters. The van der Waals surface area contributed by atoms with Gasteiger partial charge in [0.15, 0.2) is 18.1 Å². The van der Waals surface area contributed by atoms with Crippen LogP contribution in [0.15, 0.2) is 29.4 Å². The maximum atomic E-state index is 11.7. The minimum atomic E-state index is -0.306. The Labute approximate surface area is 120 Å². The number of methoxy groups -OCH3 is 1. The zero-order valence-corrected chi connectivity index (χ0v) is 12.7. The molecule has 0 radical (unpaired) electrons. The second-order valence-electron chi connectivity index (χ2n) is 5.42. The monoisotopic (exact) mass is 278 g/mol. The molecular weight excluding hydrogens is 256 g/mol. The summed E-state index contributed by atoms with van der Waals surface area (Å²) in [6.07, 6.45) is 0. The highest BCUT2D eigenvalue weighted by atomic mass is 16.5. The van der Waals surface area contributed by atoms with Crippen LogP contribution in [0.25, 0.3) is 0 Å². The molecule has 1 rings (SSSR count). The van der Waals surface area contributed by atoms with Crippen LogP contribution in [0.3, 0.4) is 0 Å². The Kier molecular flexibility index (Phi) is 5.55. The van der Waals surface area contributed by atoms with Crippen LogP contribution in [-0.4, -0.2) is 25.3 Å². The van der Waals surface area contributed by atoms with Gasteiger partial charge in [0.2, 0.25) is 0 Å². The van der Waals surface area contributed by atoms with E-state index in [2.05, 4.69) is 10.5 Å². The Morgan fingerprint density at radius 2 is 1.85 bits per heavy atom. The van der Waals surface area contributed by atoms with E-state index < -0.39 is 0 Å². The van der Waals surface area contributed by atoms with Gasteiger partial charge in [0.1, 0.15) is 0 Å². The van der Waals surface area contributed by atoms with Crippen LogP contribution in [0.4, 0.5) is 0 Å². The van der Waals surface area contributed by atoms with Crippen LogP contribution in [0, 0.1) is 5.41 Å². The molecule has 0 aliphatic heterocycles. The normalized spacial score (nSPS) is 11.9. The molecule has 5 nitrogen and oxygen atoms in total. The molecule has 0 saturated carbocycles. The van der Waals surface area contributed by atoms with Gasteiger partial charge >= 0.3 is 0 Å². The lowest BCUT2D eigenvalue weighted by molar-refractivity contribution is -0.123. The molecule has 0 aromatic heterocycles. The van der Waals surface area contributed by atoms with Gasteiger partial charge < -0.3 is 9.47 Å². The van der Waals surface area contributed by atoms with Crippen molar-refractivity contribution in [3.63, 3.8) is 0 Å². The fourth-order valence-electron chi connectivity index (χ4n) is 1.23. The highest BCUT2D eigenvalue weighted by molar-refractivity contribution is 5.88. The smallest absolute Gasteiger partial charge is 0.277 e. The Bertz CT molecular complexity index is 490. The summed E-state index contributed by atoms with van der Waals surface area (Å²) in [5.41, 5.74) is 3.26. The van der Waals surface area contributed by atoms with Gasteiger partial charge in [-0.3, -0.25) is 4.79 Å². The number of nitrogens with one attached hydrogen (secondary N) is 1. The predicted octanol–water partition coefficient (Wildman–Crippen LogP) is 2.61. The fraction of sp³-hybridized carbons (Fsp3) is 0.467. The number of hydrogen-bond donors (Lipinski definition) is 1. The van der Waals surface area contributed by atoms with E-state index in [0.717, 1.165) is 5.71 Å². The Hall–Kier alpha value is -2.04. The quantitative estimate of drug-likeness (QED) is 0.665. The molecule has 110 valence electrons. The molecule has 0 unspecified atom stereocenters. The number of carbonyl (C=O) groups excluding carboxylic acids is 1. The van der Waals surface area contributed by atoms with Gasteiger partial charge in [-0.1, -0.05) is 32.9 Å². The van der Waals surface area contributed by atoms with Crippen molar-refractivity contribution >= 4 is 11.6 Å². The molecule has 0 bridgehead atoms. The first kappa shape index (κ1) is 16.0.